The monoisotopic (exact) mass is 494 g/mol. The highest BCUT2D eigenvalue weighted by Crippen LogP contribution is 2.28. The molecule has 1 fully saturated rings. The number of carbonyl (C=O) groups is 1. The van der Waals surface area contributed by atoms with Gasteiger partial charge in [-0.3, -0.25) is 4.79 Å². The fraction of sp³-hybridized carbons (Fsp3) is 0.667. The molecule has 0 unspecified atom stereocenters. The number of nitrogens with one attached hydrogen (secondary N) is 2. The number of carbonyl (C=O) groups excluding carboxylic acids is 1. The summed E-state index contributed by atoms with van der Waals surface area (Å²) in [5, 5.41) is 8.68. The molecule has 1 aliphatic carbocycles. The first-order valence-electron chi connectivity index (χ1n) is 8.97. The van der Waals surface area contributed by atoms with Gasteiger partial charge in [0.15, 0.2) is 5.96 Å². The van der Waals surface area contributed by atoms with E-state index in [2.05, 4.69) is 33.1 Å². The van der Waals surface area contributed by atoms with E-state index in [-0.39, 0.29) is 36.4 Å². The van der Waals surface area contributed by atoms with Gasteiger partial charge in [-0.2, -0.15) is 0 Å². The van der Waals surface area contributed by atoms with Crippen LogP contribution in [0, 0.1) is 5.92 Å². The predicted molar refractivity (Wildman–Crippen MR) is 119 cm³/mol. The molecule has 0 aliphatic heterocycles. The molecule has 6 nitrogen and oxygen atoms in total. The van der Waals surface area contributed by atoms with E-state index in [1.54, 1.807) is 30.3 Å². The minimum absolute atomic E-state index is 0. The smallest absolute Gasteiger partial charge is 0.243 e. The molecule has 1 heterocycles. The van der Waals surface area contributed by atoms with Crippen molar-refractivity contribution in [2.75, 3.05) is 46.9 Å². The Morgan fingerprint density at radius 1 is 1.35 bits per heavy atom. The van der Waals surface area contributed by atoms with Crippen LogP contribution < -0.4 is 10.6 Å². The van der Waals surface area contributed by atoms with Gasteiger partial charge in [0.25, 0.3) is 0 Å². The first-order chi connectivity index (χ1) is 12.1. The average Bonchev–Trinajstić information content (AvgIpc) is 3.28. The van der Waals surface area contributed by atoms with Gasteiger partial charge < -0.3 is 20.3 Å². The second-order valence-electron chi connectivity index (χ2n) is 6.51. The van der Waals surface area contributed by atoms with Gasteiger partial charge in [0.1, 0.15) is 6.54 Å². The number of hydrogen-bond acceptors (Lipinski definition) is 4. The highest BCUT2D eigenvalue weighted by Gasteiger charge is 2.20. The Morgan fingerprint density at radius 3 is 2.77 bits per heavy atom. The molecule has 0 saturated heterocycles. The van der Waals surface area contributed by atoms with Crippen LogP contribution in [-0.2, 0) is 16.0 Å². The van der Waals surface area contributed by atoms with Crippen molar-refractivity contribution in [1.29, 1.82) is 0 Å². The molecule has 0 radical (unpaired) electrons. The van der Waals surface area contributed by atoms with Gasteiger partial charge in [-0.1, -0.05) is 6.07 Å². The van der Waals surface area contributed by atoms with Gasteiger partial charge in [0, 0.05) is 45.3 Å². The van der Waals surface area contributed by atoms with Crippen LogP contribution >= 0.6 is 35.3 Å². The molecular weight excluding hydrogens is 463 g/mol. The highest BCUT2D eigenvalue weighted by atomic mass is 127. The Morgan fingerprint density at radius 2 is 2.12 bits per heavy atom. The maximum atomic E-state index is 11.7. The quantitative estimate of drug-likeness (QED) is 0.215. The van der Waals surface area contributed by atoms with Crippen LogP contribution in [-0.4, -0.2) is 63.7 Å². The molecule has 2 N–H and O–H groups in total. The first-order valence-corrected chi connectivity index (χ1v) is 9.85. The number of rotatable bonds is 11. The van der Waals surface area contributed by atoms with Crippen molar-refractivity contribution in [2.24, 2.45) is 10.9 Å². The number of hydrogen-bond donors (Lipinski definition) is 2. The summed E-state index contributed by atoms with van der Waals surface area (Å²) in [6.07, 6.45) is 4.52. The summed E-state index contributed by atoms with van der Waals surface area (Å²) >= 11 is 1.75. The number of nitrogens with zero attached hydrogens (tertiary/aromatic N) is 2. The van der Waals surface area contributed by atoms with Gasteiger partial charge in [-0.05, 0) is 43.0 Å². The van der Waals surface area contributed by atoms with Gasteiger partial charge in [0.2, 0.25) is 5.91 Å². The number of amides is 1. The summed E-state index contributed by atoms with van der Waals surface area (Å²) in [5.74, 6) is 1.49. The van der Waals surface area contributed by atoms with Crippen molar-refractivity contribution in [1.82, 2.24) is 15.5 Å². The van der Waals surface area contributed by atoms with E-state index >= 15 is 0 Å². The molecule has 1 saturated carbocycles. The molecule has 1 aromatic heterocycles. The zero-order chi connectivity index (χ0) is 17.9. The molecule has 2 rings (SSSR count). The Kier molecular flexibility index (Phi) is 11.9. The van der Waals surface area contributed by atoms with Crippen molar-refractivity contribution in [3.05, 3.63) is 22.4 Å². The molecule has 0 bridgehead atoms. The van der Waals surface area contributed by atoms with E-state index in [0.717, 1.165) is 45.1 Å². The number of halogens is 1. The molecule has 0 spiro atoms. The second-order valence-corrected chi connectivity index (χ2v) is 7.54. The van der Waals surface area contributed by atoms with E-state index in [0.29, 0.717) is 5.96 Å². The third-order valence-corrected chi connectivity index (χ3v) is 4.86. The van der Waals surface area contributed by atoms with Crippen LogP contribution in [0.4, 0.5) is 0 Å². The van der Waals surface area contributed by atoms with Gasteiger partial charge in [0.05, 0.1) is 0 Å². The van der Waals surface area contributed by atoms with Crippen molar-refractivity contribution in [3.8, 4) is 0 Å². The molecule has 8 heteroatoms. The van der Waals surface area contributed by atoms with Gasteiger partial charge >= 0.3 is 0 Å². The SMILES string of the molecule is CN(C)C(=O)CN=C(NCCCOCC1CC1)NCCc1cccs1.I. The minimum atomic E-state index is -0.00729. The largest absolute Gasteiger partial charge is 0.381 e. The minimum Gasteiger partial charge on any atom is -0.381 e. The zero-order valence-corrected chi connectivity index (χ0v) is 18.8. The highest BCUT2D eigenvalue weighted by molar-refractivity contribution is 14.0. The Bertz CT molecular complexity index is 533. The van der Waals surface area contributed by atoms with Crippen molar-refractivity contribution < 1.29 is 9.53 Å². The maximum absolute atomic E-state index is 11.7. The number of ether oxygens (including phenoxy) is 1. The van der Waals surface area contributed by atoms with Crippen molar-refractivity contribution in [2.45, 2.75) is 25.7 Å². The van der Waals surface area contributed by atoms with Crippen LogP contribution in [0.3, 0.4) is 0 Å². The summed E-state index contributed by atoms with van der Waals surface area (Å²) in [4.78, 5) is 19.0. The molecule has 1 aromatic rings. The second kappa shape index (κ2) is 13.3. The number of guanidine groups is 1. The van der Waals surface area contributed by atoms with Crippen molar-refractivity contribution in [3.63, 3.8) is 0 Å². The summed E-state index contributed by atoms with van der Waals surface area (Å²) in [6, 6.07) is 4.19. The Hall–Kier alpha value is -0.870. The lowest BCUT2D eigenvalue weighted by molar-refractivity contribution is -0.127. The summed E-state index contributed by atoms with van der Waals surface area (Å²) in [5.41, 5.74) is 0. The molecule has 0 atom stereocenters. The van der Waals surface area contributed by atoms with Gasteiger partial charge in [-0.25, -0.2) is 4.99 Å². The molecule has 1 amide bonds. The molecule has 26 heavy (non-hydrogen) atoms. The van der Waals surface area contributed by atoms with E-state index < -0.39 is 0 Å². The van der Waals surface area contributed by atoms with Crippen LogP contribution in [0.15, 0.2) is 22.5 Å². The van der Waals surface area contributed by atoms with Gasteiger partial charge in [-0.15, -0.1) is 35.3 Å². The van der Waals surface area contributed by atoms with E-state index in [1.165, 1.54) is 17.7 Å². The number of thiophene rings is 1. The first kappa shape index (κ1) is 23.2. The zero-order valence-electron chi connectivity index (χ0n) is 15.7. The normalized spacial score (nSPS) is 13.8. The predicted octanol–water partition coefficient (Wildman–Crippen LogP) is 2.35. The van der Waals surface area contributed by atoms with E-state index in [9.17, 15) is 4.79 Å². The molecule has 1 aliphatic rings. The standard InChI is InChI=1S/C18H30N4O2S.HI/c1-22(2)17(23)13-21-18(20-10-8-16-5-3-12-25-16)19-9-4-11-24-14-15-6-7-15;/h3,5,12,15H,4,6-11,13-14H2,1-2H3,(H2,19,20,21);1H. The topological polar surface area (TPSA) is 66.0 Å². The Balaban J connectivity index is 0.00000338. The summed E-state index contributed by atoms with van der Waals surface area (Å²) < 4.78 is 5.64. The molecule has 148 valence electrons. The lowest BCUT2D eigenvalue weighted by Gasteiger charge is -2.13. The van der Waals surface area contributed by atoms with Crippen LogP contribution in [0.1, 0.15) is 24.1 Å². The third kappa shape index (κ3) is 10.3. The van der Waals surface area contributed by atoms with E-state index in [4.69, 9.17) is 4.74 Å². The lowest BCUT2D eigenvalue weighted by Crippen LogP contribution is -2.40. The Labute approximate surface area is 177 Å². The van der Waals surface area contributed by atoms with Crippen LogP contribution in [0.25, 0.3) is 0 Å². The summed E-state index contributed by atoms with van der Waals surface area (Å²) in [6.45, 7) is 3.39. The fourth-order valence-corrected chi connectivity index (χ4v) is 2.85. The van der Waals surface area contributed by atoms with Crippen LogP contribution in [0.5, 0.6) is 0 Å². The fourth-order valence-electron chi connectivity index (χ4n) is 2.14. The molecular formula is C18H31IN4O2S. The lowest BCUT2D eigenvalue weighted by atomic mass is 10.3. The van der Waals surface area contributed by atoms with Crippen LogP contribution in [0.2, 0.25) is 0 Å². The number of likely N-dealkylation sites (N-methyl/N-ethyl adjacent to an activating group) is 1. The van der Waals surface area contributed by atoms with E-state index in [1.807, 2.05) is 0 Å². The summed E-state index contributed by atoms with van der Waals surface area (Å²) in [7, 11) is 3.48. The molecule has 0 aromatic carbocycles. The van der Waals surface area contributed by atoms with Crippen molar-refractivity contribution >= 4 is 47.2 Å². The third-order valence-electron chi connectivity index (χ3n) is 3.92. The average molecular weight is 494 g/mol. The maximum Gasteiger partial charge on any atom is 0.243 e. The number of aliphatic imine (C=N–C) groups is 1.